The van der Waals surface area contributed by atoms with Gasteiger partial charge in [-0.25, -0.2) is 9.98 Å². The third-order valence-corrected chi connectivity index (χ3v) is 3.02. The predicted molar refractivity (Wildman–Crippen MR) is 58.1 cm³/mol. The van der Waals surface area contributed by atoms with Crippen LogP contribution in [-0.2, 0) is 6.42 Å². The lowest BCUT2D eigenvalue weighted by Crippen LogP contribution is -2.07. The Morgan fingerprint density at radius 1 is 1.43 bits per heavy atom. The number of H-pyrrole nitrogens is 1. The summed E-state index contributed by atoms with van der Waals surface area (Å²) in [7, 11) is 0. The summed E-state index contributed by atoms with van der Waals surface area (Å²) in [6, 6.07) is 0. The van der Waals surface area contributed by atoms with Crippen molar-refractivity contribution in [1.82, 2.24) is 9.97 Å². The molecule has 0 saturated carbocycles. The average Bonchev–Trinajstić information content (AvgIpc) is 2.73. The van der Waals surface area contributed by atoms with Crippen LogP contribution in [0.1, 0.15) is 38.8 Å². The molecule has 14 heavy (non-hydrogen) atoms. The lowest BCUT2D eigenvalue weighted by atomic mass is 9.95. The van der Waals surface area contributed by atoms with E-state index in [-0.39, 0.29) is 0 Å². The number of rotatable bonds is 4. The molecule has 0 amide bonds. The summed E-state index contributed by atoms with van der Waals surface area (Å²) < 4.78 is 0. The van der Waals surface area contributed by atoms with E-state index >= 15 is 0 Å². The van der Waals surface area contributed by atoms with Crippen molar-refractivity contribution in [2.45, 2.75) is 39.5 Å². The summed E-state index contributed by atoms with van der Waals surface area (Å²) in [6.45, 7) is 4.50. The van der Waals surface area contributed by atoms with Gasteiger partial charge in [-0.2, -0.15) is 0 Å². The number of aromatic amines is 1. The molecule has 1 aromatic rings. The number of aliphatic imine (C=N–C) groups is 1. The quantitative estimate of drug-likeness (QED) is 0.781. The van der Waals surface area contributed by atoms with E-state index in [0.29, 0.717) is 0 Å². The first kappa shape index (κ1) is 9.44. The molecule has 0 unspecified atom stereocenters. The van der Waals surface area contributed by atoms with Gasteiger partial charge in [0, 0.05) is 12.1 Å². The van der Waals surface area contributed by atoms with Gasteiger partial charge >= 0.3 is 0 Å². The molecular formula is C11H17N3. The Balaban J connectivity index is 1.99. The predicted octanol–water partition coefficient (Wildman–Crippen LogP) is 2.86. The second-order valence-electron chi connectivity index (χ2n) is 3.95. The van der Waals surface area contributed by atoms with Crippen LogP contribution in [0.5, 0.6) is 0 Å². The number of imidazole rings is 1. The molecule has 1 N–H and O–H groups in total. The zero-order chi connectivity index (χ0) is 9.97. The van der Waals surface area contributed by atoms with E-state index in [1.54, 1.807) is 6.33 Å². The molecular weight excluding hydrogens is 174 g/mol. The highest BCUT2D eigenvalue weighted by molar-refractivity contribution is 5.92. The first-order chi connectivity index (χ1) is 6.83. The molecule has 1 aliphatic heterocycles. The van der Waals surface area contributed by atoms with Crippen molar-refractivity contribution >= 4 is 11.5 Å². The van der Waals surface area contributed by atoms with E-state index < -0.39 is 0 Å². The van der Waals surface area contributed by atoms with Gasteiger partial charge < -0.3 is 4.98 Å². The first-order valence-electron chi connectivity index (χ1n) is 5.42. The number of hydrogen-bond acceptors (Lipinski definition) is 2. The van der Waals surface area contributed by atoms with E-state index in [4.69, 9.17) is 0 Å². The fourth-order valence-corrected chi connectivity index (χ4v) is 1.96. The molecule has 0 fully saturated rings. The average molecular weight is 191 g/mol. The maximum atomic E-state index is 4.52. The molecule has 0 spiro atoms. The Labute approximate surface area is 84.7 Å². The molecule has 2 heterocycles. The van der Waals surface area contributed by atoms with E-state index in [1.165, 1.54) is 24.2 Å². The number of hydrogen-bond donors (Lipinski definition) is 1. The molecule has 0 aliphatic carbocycles. The highest BCUT2D eigenvalue weighted by atomic mass is 15.0. The Morgan fingerprint density at radius 3 is 2.86 bits per heavy atom. The van der Waals surface area contributed by atoms with E-state index in [9.17, 15) is 0 Å². The SMILES string of the molecule is CCC(CC)CC1=Nc2nc[nH]c2C1. The highest BCUT2D eigenvalue weighted by Crippen LogP contribution is 2.26. The van der Waals surface area contributed by atoms with Gasteiger partial charge in [-0.1, -0.05) is 26.7 Å². The monoisotopic (exact) mass is 191 g/mol. The zero-order valence-electron chi connectivity index (χ0n) is 8.88. The van der Waals surface area contributed by atoms with Crippen molar-refractivity contribution in [2.24, 2.45) is 10.9 Å². The second-order valence-corrected chi connectivity index (χ2v) is 3.95. The standard InChI is InChI=1S/C11H17N3/c1-3-8(4-2)5-9-6-10-11(14-9)13-7-12-10/h7-8H,3-6H2,1-2H3,(H,12,13). The van der Waals surface area contributed by atoms with Gasteiger partial charge in [0.05, 0.1) is 12.0 Å². The van der Waals surface area contributed by atoms with Crippen molar-refractivity contribution in [3.05, 3.63) is 12.0 Å². The van der Waals surface area contributed by atoms with Crippen LogP contribution in [0, 0.1) is 5.92 Å². The highest BCUT2D eigenvalue weighted by Gasteiger charge is 2.18. The van der Waals surface area contributed by atoms with E-state index in [0.717, 1.165) is 24.6 Å². The third-order valence-electron chi connectivity index (χ3n) is 3.02. The summed E-state index contributed by atoms with van der Waals surface area (Å²) in [6.07, 6.45) is 6.33. The van der Waals surface area contributed by atoms with E-state index in [1.807, 2.05) is 0 Å². The largest absolute Gasteiger partial charge is 0.346 e. The van der Waals surface area contributed by atoms with Crippen LogP contribution in [0.25, 0.3) is 0 Å². The van der Waals surface area contributed by atoms with Crippen molar-refractivity contribution in [3.8, 4) is 0 Å². The molecule has 0 radical (unpaired) electrons. The fraction of sp³-hybridized carbons (Fsp3) is 0.636. The van der Waals surface area contributed by atoms with Gasteiger partial charge in [-0.05, 0) is 12.3 Å². The van der Waals surface area contributed by atoms with Crippen LogP contribution < -0.4 is 0 Å². The maximum Gasteiger partial charge on any atom is 0.173 e. The van der Waals surface area contributed by atoms with Crippen LogP contribution >= 0.6 is 0 Å². The number of nitrogens with one attached hydrogen (secondary N) is 1. The second kappa shape index (κ2) is 3.95. The Kier molecular flexibility index (Phi) is 2.66. The van der Waals surface area contributed by atoms with Crippen LogP contribution in [-0.4, -0.2) is 15.7 Å². The van der Waals surface area contributed by atoms with Crippen molar-refractivity contribution in [3.63, 3.8) is 0 Å². The molecule has 3 nitrogen and oxygen atoms in total. The summed E-state index contributed by atoms with van der Waals surface area (Å²) >= 11 is 0. The normalized spacial score (nSPS) is 14.6. The minimum atomic E-state index is 0.790. The van der Waals surface area contributed by atoms with Gasteiger partial charge in [0.2, 0.25) is 0 Å². The molecule has 0 aromatic carbocycles. The topological polar surface area (TPSA) is 41.0 Å². The molecule has 1 aliphatic rings. The molecule has 0 bridgehead atoms. The maximum absolute atomic E-state index is 4.52. The molecule has 0 atom stereocenters. The lowest BCUT2D eigenvalue weighted by Gasteiger charge is -2.10. The zero-order valence-corrected chi connectivity index (χ0v) is 8.88. The lowest BCUT2D eigenvalue weighted by molar-refractivity contribution is 0.510. The van der Waals surface area contributed by atoms with Crippen LogP contribution in [0.3, 0.4) is 0 Å². The molecule has 0 saturated heterocycles. The smallest absolute Gasteiger partial charge is 0.173 e. The van der Waals surface area contributed by atoms with Gasteiger partial charge in [0.15, 0.2) is 5.82 Å². The van der Waals surface area contributed by atoms with Crippen molar-refractivity contribution < 1.29 is 0 Å². The summed E-state index contributed by atoms with van der Waals surface area (Å²) in [4.78, 5) is 11.8. The molecule has 2 rings (SSSR count). The van der Waals surface area contributed by atoms with Gasteiger partial charge in [0.25, 0.3) is 0 Å². The number of fused-ring (bicyclic) bond motifs is 1. The fourth-order valence-electron chi connectivity index (χ4n) is 1.96. The van der Waals surface area contributed by atoms with Gasteiger partial charge in [0.1, 0.15) is 0 Å². The molecule has 3 heteroatoms. The number of nitrogens with zero attached hydrogens (tertiary/aromatic N) is 2. The van der Waals surface area contributed by atoms with Gasteiger partial charge in [-0.15, -0.1) is 0 Å². The Bertz CT molecular complexity index is 334. The first-order valence-corrected chi connectivity index (χ1v) is 5.42. The number of aromatic nitrogens is 2. The minimum absolute atomic E-state index is 0.790. The van der Waals surface area contributed by atoms with E-state index in [2.05, 4.69) is 28.8 Å². The molecule has 1 aromatic heterocycles. The van der Waals surface area contributed by atoms with Crippen LogP contribution in [0.4, 0.5) is 5.82 Å². The van der Waals surface area contributed by atoms with Crippen LogP contribution in [0.2, 0.25) is 0 Å². The minimum Gasteiger partial charge on any atom is -0.346 e. The van der Waals surface area contributed by atoms with Crippen molar-refractivity contribution in [1.29, 1.82) is 0 Å². The molecule has 76 valence electrons. The summed E-state index contributed by atoms with van der Waals surface area (Å²) in [5.41, 5.74) is 2.49. The van der Waals surface area contributed by atoms with Crippen molar-refractivity contribution in [2.75, 3.05) is 0 Å². The Morgan fingerprint density at radius 2 is 2.21 bits per heavy atom. The summed E-state index contributed by atoms with van der Waals surface area (Å²) in [5, 5.41) is 0. The van der Waals surface area contributed by atoms with Gasteiger partial charge in [-0.3, -0.25) is 0 Å². The third kappa shape index (κ3) is 1.72. The van der Waals surface area contributed by atoms with Crippen LogP contribution in [0.15, 0.2) is 11.3 Å². The Hall–Kier alpha value is -1.12. The summed E-state index contributed by atoms with van der Waals surface area (Å²) in [5.74, 6) is 1.70.